The second-order valence-corrected chi connectivity index (χ2v) is 5.34. The van der Waals surface area contributed by atoms with E-state index in [4.69, 9.17) is 9.94 Å². The van der Waals surface area contributed by atoms with Crippen LogP contribution in [0.15, 0.2) is 61.2 Å². The van der Waals surface area contributed by atoms with E-state index in [2.05, 4.69) is 15.0 Å². The molecule has 0 aliphatic carbocycles. The van der Waals surface area contributed by atoms with Gasteiger partial charge in [0.15, 0.2) is 5.82 Å². The van der Waals surface area contributed by atoms with E-state index in [9.17, 15) is 4.79 Å². The predicted molar refractivity (Wildman–Crippen MR) is 94.4 cm³/mol. The van der Waals surface area contributed by atoms with Gasteiger partial charge < -0.3 is 9.64 Å². The van der Waals surface area contributed by atoms with Crippen molar-refractivity contribution in [2.45, 2.75) is 6.54 Å². The van der Waals surface area contributed by atoms with Crippen molar-refractivity contribution in [2.75, 3.05) is 12.0 Å². The van der Waals surface area contributed by atoms with Gasteiger partial charge >= 0.3 is 0 Å². The van der Waals surface area contributed by atoms with Crippen LogP contribution in [0.4, 0.5) is 11.6 Å². The zero-order valence-corrected chi connectivity index (χ0v) is 14.0. The number of rotatable bonds is 6. The monoisotopic (exact) mass is 351 g/mol. The predicted octanol–water partition coefficient (Wildman–Crippen LogP) is 2.34. The van der Waals surface area contributed by atoms with Crippen LogP contribution in [0.2, 0.25) is 0 Å². The molecule has 0 aliphatic heterocycles. The largest absolute Gasteiger partial charge is 0.497 e. The molecule has 1 amide bonds. The van der Waals surface area contributed by atoms with Gasteiger partial charge in [0, 0.05) is 30.2 Å². The van der Waals surface area contributed by atoms with E-state index in [1.54, 1.807) is 67.7 Å². The number of amides is 1. The van der Waals surface area contributed by atoms with Crippen LogP contribution in [0.25, 0.3) is 0 Å². The minimum absolute atomic E-state index is 0.363. The molecule has 0 radical (unpaired) electrons. The van der Waals surface area contributed by atoms with E-state index in [1.807, 2.05) is 11.0 Å². The van der Waals surface area contributed by atoms with Gasteiger partial charge in [-0.05, 0) is 23.8 Å². The molecule has 132 valence electrons. The molecule has 2 aromatic heterocycles. The van der Waals surface area contributed by atoms with Gasteiger partial charge in [-0.25, -0.2) is 15.4 Å². The lowest BCUT2D eigenvalue weighted by Crippen LogP contribution is -2.20. The molecule has 26 heavy (non-hydrogen) atoms. The van der Waals surface area contributed by atoms with Crippen LogP contribution in [0.1, 0.15) is 15.9 Å². The Morgan fingerprint density at radius 2 is 1.88 bits per heavy atom. The molecule has 0 saturated carbocycles. The topological polar surface area (TPSA) is 100 Å². The van der Waals surface area contributed by atoms with Crippen LogP contribution < -0.4 is 15.1 Å². The normalized spacial score (nSPS) is 10.2. The molecule has 8 nitrogen and oxygen atoms in total. The molecular weight excluding hydrogens is 334 g/mol. The van der Waals surface area contributed by atoms with Crippen LogP contribution >= 0.6 is 0 Å². The number of methoxy groups -OCH3 is 1. The maximum Gasteiger partial charge on any atom is 0.274 e. The van der Waals surface area contributed by atoms with Crippen molar-refractivity contribution in [3.05, 3.63) is 72.3 Å². The second kappa shape index (κ2) is 8.04. The van der Waals surface area contributed by atoms with Gasteiger partial charge in [0.05, 0.1) is 19.9 Å². The van der Waals surface area contributed by atoms with Gasteiger partial charge in [0.2, 0.25) is 0 Å². The molecule has 0 aliphatic rings. The van der Waals surface area contributed by atoms with E-state index in [0.717, 1.165) is 5.56 Å². The number of hydroxylamine groups is 1. The Balaban J connectivity index is 1.92. The molecular formula is C18H17N5O3. The van der Waals surface area contributed by atoms with Crippen molar-refractivity contribution in [1.82, 2.24) is 20.4 Å². The Morgan fingerprint density at radius 3 is 2.54 bits per heavy atom. The van der Waals surface area contributed by atoms with Crippen molar-refractivity contribution in [3.8, 4) is 5.75 Å². The van der Waals surface area contributed by atoms with Crippen LogP contribution in [0.3, 0.4) is 0 Å². The summed E-state index contributed by atoms with van der Waals surface area (Å²) in [6.07, 6.45) is 6.52. The number of pyridine rings is 1. The van der Waals surface area contributed by atoms with Crippen LogP contribution in [0.5, 0.6) is 5.75 Å². The summed E-state index contributed by atoms with van der Waals surface area (Å²) in [5, 5.41) is 8.71. The first-order valence-corrected chi connectivity index (χ1v) is 7.78. The number of anilines is 2. The second-order valence-electron chi connectivity index (χ2n) is 5.34. The van der Waals surface area contributed by atoms with E-state index in [0.29, 0.717) is 29.5 Å². The quantitative estimate of drug-likeness (QED) is 0.519. The van der Waals surface area contributed by atoms with Crippen LogP contribution in [0, 0.1) is 0 Å². The fraction of sp³-hybridized carbons (Fsp3) is 0.111. The number of hydrogen-bond acceptors (Lipinski definition) is 7. The minimum Gasteiger partial charge on any atom is -0.497 e. The van der Waals surface area contributed by atoms with Crippen LogP contribution in [-0.4, -0.2) is 33.2 Å². The summed E-state index contributed by atoms with van der Waals surface area (Å²) in [5.41, 5.74) is 2.90. The summed E-state index contributed by atoms with van der Waals surface area (Å²) in [6.45, 7) is 0.458. The zero-order valence-electron chi connectivity index (χ0n) is 14.0. The minimum atomic E-state index is -0.559. The van der Waals surface area contributed by atoms with E-state index in [1.165, 1.54) is 0 Å². The molecule has 0 unspecified atom stereocenters. The Bertz CT molecular complexity index is 872. The van der Waals surface area contributed by atoms with Gasteiger partial charge in [-0.2, -0.15) is 0 Å². The molecule has 0 spiro atoms. The van der Waals surface area contributed by atoms with E-state index in [-0.39, 0.29) is 0 Å². The molecule has 0 atom stereocenters. The van der Waals surface area contributed by atoms with Gasteiger partial charge in [0.25, 0.3) is 5.91 Å². The highest BCUT2D eigenvalue weighted by Crippen LogP contribution is 2.26. The van der Waals surface area contributed by atoms with E-state index >= 15 is 0 Å². The maximum absolute atomic E-state index is 11.4. The number of carbonyl (C=O) groups is 1. The SMILES string of the molecule is COc1ccnc(N(Cc2ccc(C(=O)NO)cc2)c2cnccn2)c1. The first-order valence-electron chi connectivity index (χ1n) is 7.78. The smallest absolute Gasteiger partial charge is 0.274 e. The number of ether oxygens (including phenoxy) is 1. The number of carbonyl (C=O) groups excluding carboxylic acids is 1. The van der Waals surface area contributed by atoms with Gasteiger partial charge in [-0.1, -0.05) is 12.1 Å². The van der Waals surface area contributed by atoms with E-state index < -0.39 is 5.91 Å². The zero-order chi connectivity index (χ0) is 18.4. The molecule has 0 bridgehead atoms. The summed E-state index contributed by atoms with van der Waals surface area (Å²) in [5.74, 6) is 1.41. The average molecular weight is 351 g/mol. The summed E-state index contributed by atoms with van der Waals surface area (Å²) in [6, 6.07) is 10.4. The molecule has 8 heteroatoms. The van der Waals surface area contributed by atoms with Gasteiger partial charge in [-0.3, -0.25) is 15.0 Å². The number of benzene rings is 1. The summed E-state index contributed by atoms with van der Waals surface area (Å²) in [7, 11) is 1.59. The molecule has 3 rings (SSSR count). The number of aromatic nitrogens is 3. The number of hydrogen-bond donors (Lipinski definition) is 2. The van der Waals surface area contributed by atoms with Gasteiger partial charge in [0.1, 0.15) is 11.6 Å². The lowest BCUT2D eigenvalue weighted by Gasteiger charge is -2.23. The standard InChI is InChI=1S/C18H17N5O3/c1-26-15-6-7-20-16(10-15)23(17-11-19-8-9-21-17)12-13-2-4-14(5-3-13)18(24)22-25/h2-11,25H,12H2,1H3,(H,22,24). The fourth-order valence-corrected chi connectivity index (χ4v) is 2.39. The Labute approximate surface area is 150 Å². The molecule has 0 saturated heterocycles. The summed E-state index contributed by atoms with van der Waals surface area (Å²) >= 11 is 0. The first kappa shape index (κ1) is 17.3. The lowest BCUT2D eigenvalue weighted by atomic mass is 10.1. The Kier molecular flexibility index (Phi) is 5.35. The average Bonchev–Trinajstić information content (AvgIpc) is 2.72. The maximum atomic E-state index is 11.4. The third kappa shape index (κ3) is 3.93. The summed E-state index contributed by atoms with van der Waals surface area (Å²) in [4.78, 5) is 26.2. The molecule has 1 aromatic carbocycles. The third-order valence-corrected chi connectivity index (χ3v) is 3.71. The highest BCUT2D eigenvalue weighted by Gasteiger charge is 2.14. The molecule has 2 N–H and O–H groups in total. The highest BCUT2D eigenvalue weighted by atomic mass is 16.5. The van der Waals surface area contributed by atoms with Crippen LogP contribution in [-0.2, 0) is 6.54 Å². The molecule has 2 heterocycles. The number of nitrogens with zero attached hydrogens (tertiary/aromatic N) is 4. The third-order valence-electron chi connectivity index (χ3n) is 3.71. The summed E-state index contributed by atoms with van der Waals surface area (Å²) < 4.78 is 5.27. The van der Waals surface area contributed by atoms with Crippen molar-refractivity contribution < 1.29 is 14.7 Å². The van der Waals surface area contributed by atoms with Crippen molar-refractivity contribution in [2.24, 2.45) is 0 Å². The molecule has 0 fully saturated rings. The lowest BCUT2D eigenvalue weighted by molar-refractivity contribution is 0.0706. The highest BCUT2D eigenvalue weighted by molar-refractivity contribution is 5.93. The van der Waals surface area contributed by atoms with Crippen molar-refractivity contribution >= 4 is 17.5 Å². The van der Waals surface area contributed by atoms with Crippen molar-refractivity contribution in [1.29, 1.82) is 0 Å². The van der Waals surface area contributed by atoms with Gasteiger partial charge in [-0.15, -0.1) is 0 Å². The Morgan fingerprint density at radius 1 is 1.12 bits per heavy atom. The van der Waals surface area contributed by atoms with Crippen molar-refractivity contribution in [3.63, 3.8) is 0 Å². The molecule has 3 aromatic rings. The number of nitrogens with one attached hydrogen (secondary N) is 1. The first-order chi connectivity index (χ1) is 12.7. The fourth-order valence-electron chi connectivity index (χ4n) is 2.39. The Hall–Kier alpha value is -3.52.